The molecule has 2 N–H and O–H groups in total. The highest BCUT2D eigenvalue weighted by Gasteiger charge is 2.15. The summed E-state index contributed by atoms with van der Waals surface area (Å²) in [7, 11) is 0. The summed E-state index contributed by atoms with van der Waals surface area (Å²) in [6.07, 6.45) is 1.41. The van der Waals surface area contributed by atoms with Crippen molar-refractivity contribution in [3.63, 3.8) is 0 Å². The second-order valence-electron chi connectivity index (χ2n) is 5.68. The van der Waals surface area contributed by atoms with Gasteiger partial charge in [0.25, 0.3) is 0 Å². The Bertz CT molecular complexity index is 549. The van der Waals surface area contributed by atoms with Crippen LogP contribution < -0.4 is 10.5 Å². The third-order valence-corrected chi connectivity index (χ3v) is 3.13. The lowest BCUT2D eigenvalue weighted by atomic mass is 10.1. The van der Waals surface area contributed by atoms with Crippen LogP contribution in [0.15, 0.2) is 28.7 Å². The van der Waals surface area contributed by atoms with Crippen LogP contribution in [-0.4, -0.2) is 16.8 Å². The van der Waals surface area contributed by atoms with Gasteiger partial charge in [-0.05, 0) is 31.4 Å². The number of ether oxygens (including phenoxy) is 1. The molecule has 0 spiro atoms. The van der Waals surface area contributed by atoms with E-state index < -0.39 is 0 Å². The van der Waals surface area contributed by atoms with Crippen molar-refractivity contribution < 1.29 is 9.15 Å². The highest BCUT2D eigenvalue weighted by Crippen LogP contribution is 2.18. The first-order valence-corrected chi connectivity index (χ1v) is 7.32. The molecule has 1 aromatic heterocycles. The molecule has 1 atom stereocenters. The molecule has 1 unspecified atom stereocenters. The number of hydrogen-bond acceptors (Lipinski definition) is 5. The monoisotopic (exact) mass is 289 g/mol. The van der Waals surface area contributed by atoms with E-state index in [9.17, 15) is 0 Å². The van der Waals surface area contributed by atoms with E-state index in [-0.39, 0.29) is 6.04 Å². The summed E-state index contributed by atoms with van der Waals surface area (Å²) < 4.78 is 11.2. The summed E-state index contributed by atoms with van der Waals surface area (Å²) >= 11 is 0. The average molecular weight is 289 g/mol. The van der Waals surface area contributed by atoms with Gasteiger partial charge in [0.05, 0.1) is 19.1 Å². The Balaban J connectivity index is 1.81. The molecule has 1 aromatic carbocycles. The van der Waals surface area contributed by atoms with E-state index >= 15 is 0 Å². The highest BCUT2D eigenvalue weighted by molar-refractivity contribution is 5.26. The molecule has 21 heavy (non-hydrogen) atoms. The number of aromatic nitrogens is 2. The summed E-state index contributed by atoms with van der Waals surface area (Å²) in [5.74, 6) is 2.42. The maximum atomic E-state index is 6.02. The van der Waals surface area contributed by atoms with Gasteiger partial charge >= 0.3 is 0 Å². The molecule has 5 heteroatoms. The Hall–Kier alpha value is -1.88. The minimum atomic E-state index is -0.190. The van der Waals surface area contributed by atoms with Crippen molar-refractivity contribution in [3.8, 4) is 5.75 Å². The van der Waals surface area contributed by atoms with Crippen LogP contribution in [0.4, 0.5) is 0 Å². The Labute approximate surface area is 125 Å². The van der Waals surface area contributed by atoms with E-state index in [0.717, 1.165) is 12.2 Å². The highest BCUT2D eigenvalue weighted by atomic mass is 16.5. The van der Waals surface area contributed by atoms with Crippen molar-refractivity contribution >= 4 is 0 Å². The number of hydrogen-bond donors (Lipinski definition) is 1. The summed E-state index contributed by atoms with van der Waals surface area (Å²) in [6.45, 7) is 6.79. The summed E-state index contributed by atoms with van der Waals surface area (Å²) in [6, 6.07) is 7.75. The third-order valence-electron chi connectivity index (χ3n) is 3.13. The average Bonchev–Trinajstić information content (AvgIpc) is 2.89. The van der Waals surface area contributed by atoms with Crippen LogP contribution in [0.25, 0.3) is 0 Å². The van der Waals surface area contributed by atoms with Gasteiger partial charge in [-0.2, -0.15) is 0 Å². The minimum absolute atomic E-state index is 0.190. The maximum absolute atomic E-state index is 6.02. The molecule has 0 amide bonds. The van der Waals surface area contributed by atoms with Crippen molar-refractivity contribution in [2.75, 3.05) is 6.61 Å². The first-order valence-electron chi connectivity index (χ1n) is 7.32. The molecular formula is C16H23N3O2. The molecule has 0 fully saturated rings. The fraction of sp³-hybridized carbons (Fsp3) is 0.500. The Kier molecular flexibility index (Phi) is 5.33. The minimum Gasteiger partial charge on any atom is -0.493 e. The van der Waals surface area contributed by atoms with Crippen molar-refractivity contribution in [3.05, 3.63) is 41.6 Å². The normalized spacial score (nSPS) is 12.6. The first kappa shape index (κ1) is 15.5. The van der Waals surface area contributed by atoms with Gasteiger partial charge in [0.2, 0.25) is 11.8 Å². The number of rotatable bonds is 7. The first-order chi connectivity index (χ1) is 10.0. The van der Waals surface area contributed by atoms with Crippen LogP contribution in [0.2, 0.25) is 0 Å². The molecule has 0 saturated heterocycles. The zero-order valence-corrected chi connectivity index (χ0v) is 12.9. The topological polar surface area (TPSA) is 74.2 Å². The van der Waals surface area contributed by atoms with E-state index in [4.69, 9.17) is 14.9 Å². The van der Waals surface area contributed by atoms with E-state index in [0.29, 0.717) is 30.7 Å². The largest absolute Gasteiger partial charge is 0.493 e. The predicted octanol–water partition coefficient (Wildman–Crippen LogP) is 3.05. The van der Waals surface area contributed by atoms with E-state index in [2.05, 4.69) is 24.0 Å². The van der Waals surface area contributed by atoms with Gasteiger partial charge in [0, 0.05) is 0 Å². The van der Waals surface area contributed by atoms with E-state index in [1.165, 1.54) is 5.56 Å². The van der Waals surface area contributed by atoms with Crippen LogP contribution in [0, 0.1) is 12.8 Å². The third kappa shape index (κ3) is 4.86. The van der Waals surface area contributed by atoms with Crippen LogP contribution in [-0.2, 0) is 6.42 Å². The van der Waals surface area contributed by atoms with Gasteiger partial charge < -0.3 is 14.9 Å². The van der Waals surface area contributed by atoms with Gasteiger partial charge in [0.1, 0.15) is 5.75 Å². The molecule has 0 aliphatic heterocycles. The summed E-state index contributed by atoms with van der Waals surface area (Å²) in [5, 5.41) is 8.02. The molecule has 5 nitrogen and oxygen atoms in total. The second-order valence-corrected chi connectivity index (χ2v) is 5.68. The molecular weight excluding hydrogens is 266 g/mol. The molecule has 2 aromatic rings. The predicted molar refractivity (Wildman–Crippen MR) is 81.1 cm³/mol. The van der Waals surface area contributed by atoms with Crippen molar-refractivity contribution in [2.24, 2.45) is 11.7 Å². The van der Waals surface area contributed by atoms with Gasteiger partial charge in [-0.3, -0.25) is 0 Å². The summed E-state index contributed by atoms with van der Waals surface area (Å²) in [4.78, 5) is 0. The molecule has 1 heterocycles. The summed E-state index contributed by atoms with van der Waals surface area (Å²) in [5.41, 5.74) is 7.23. The quantitative estimate of drug-likeness (QED) is 0.848. The lowest BCUT2D eigenvalue weighted by molar-refractivity contribution is 0.300. The standard InChI is InChI=1S/C16H23N3O2/c1-11(2)10-14(17)16-19-18-15(21-16)8-9-20-13-6-4-12(3)5-7-13/h4-7,11,14H,8-10,17H2,1-3H3. The van der Waals surface area contributed by atoms with Gasteiger partial charge in [-0.1, -0.05) is 31.5 Å². The van der Waals surface area contributed by atoms with Gasteiger partial charge in [-0.15, -0.1) is 10.2 Å². The van der Waals surface area contributed by atoms with Crippen molar-refractivity contribution in [2.45, 2.75) is 39.7 Å². The Morgan fingerprint density at radius 1 is 1.19 bits per heavy atom. The fourth-order valence-corrected chi connectivity index (χ4v) is 2.02. The van der Waals surface area contributed by atoms with Crippen LogP contribution in [0.5, 0.6) is 5.75 Å². The van der Waals surface area contributed by atoms with Crippen LogP contribution >= 0.6 is 0 Å². The van der Waals surface area contributed by atoms with Gasteiger partial charge in [-0.25, -0.2) is 0 Å². The molecule has 0 aliphatic rings. The van der Waals surface area contributed by atoms with Crippen molar-refractivity contribution in [1.82, 2.24) is 10.2 Å². The number of nitrogens with two attached hydrogens (primary N) is 1. The number of benzene rings is 1. The fourth-order valence-electron chi connectivity index (χ4n) is 2.02. The lowest BCUT2D eigenvalue weighted by Crippen LogP contribution is -2.13. The van der Waals surface area contributed by atoms with Gasteiger partial charge in [0.15, 0.2) is 0 Å². The van der Waals surface area contributed by atoms with Crippen LogP contribution in [0.3, 0.4) is 0 Å². The zero-order chi connectivity index (χ0) is 15.2. The van der Waals surface area contributed by atoms with Crippen molar-refractivity contribution in [1.29, 1.82) is 0 Å². The molecule has 0 aliphatic carbocycles. The zero-order valence-electron chi connectivity index (χ0n) is 12.9. The number of nitrogens with zero attached hydrogens (tertiary/aromatic N) is 2. The van der Waals surface area contributed by atoms with Crippen LogP contribution in [0.1, 0.15) is 43.7 Å². The number of aryl methyl sites for hydroxylation is 1. The Morgan fingerprint density at radius 3 is 2.57 bits per heavy atom. The van der Waals surface area contributed by atoms with E-state index in [1.807, 2.05) is 31.2 Å². The Morgan fingerprint density at radius 2 is 1.90 bits per heavy atom. The smallest absolute Gasteiger partial charge is 0.233 e. The molecule has 114 valence electrons. The molecule has 0 saturated carbocycles. The maximum Gasteiger partial charge on any atom is 0.233 e. The second kappa shape index (κ2) is 7.22. The molecule has 0 radical (unpaired) electrons. The molecule has 2 rings (SSSR count). The SMILES string of the molecule is Cc1ccc(OCCc2nnc(C(N)CC(C)C)o2)cc1. The van der Waals surface area contributed by atoms with E-state index in [1.54, 1.807) is 0 Å². The molecule has 0 bridgehead atoms. The lowest BCUT2D eigenvalue weighted by Gasteiger charge is -2.09.